The minimum Gasteiger partial charge on any atom is -0.481 e. The molecule has 0 bridgehead atoms. The van der Waals surface area contributed by atoms with Crippen LogP contribution in [0.15, 0.2) is 48.5 Å². The van der Waals surface area contributed by atoms with Gasteiger partial charge in [0.15, 0.2) is 0 Å². The maximum atomic E-state index is 12.4. The molecule has 2 aromatic carbocycles. The first-order valence-electron chi connectivity index (χ1n) is 11.5. The van der Waals surface area contributed by atoms with Crippen LogP contribution in [-0.2, 0) is 14.3 Å². The number of rotatable bonds is 11. The second-order valence-corrected chi connectivity index (χ2v) is 8.34. The number of carboxylic acids is 1. The molecule has 0 spiro atoms. The van der Waals surface area contributed by atoms with Gasteiger partial charge in [0.1, 0.15) is 6.61 Å². The zero-order valence-corrected chi connectivity index (χ0v) is 19.3. The van der Waals surface area contributed by atoms with Gasteiger partial charge < -0.3 is 20.1 Å². The standard InChI is InChI=1S/C26H32N2O5/c1-3-28(18(2)16-25(30)31)24(29)14-8-9-15-27-26(32)33-17-23-21-12-6-4-10-19(21)20-11-5-7-13-22(20)23/h4-7,10-13,18,23H,3,8-9,14-17H2,1-2H3,(H,27,32)(H,30,31). The van der Waals surface area contributed by atoms with E-state index in [1.807, 2.05) is 31.2 Å². The van der Waals surface area contributed by atoms with Crippen molar-refractivity contribution in [1.29, 1.82) is 0 Å². The van der Waals surface area contributed by atoms with Crippen molar-refractivity contribution < 1.29 is 24.2 Å². The number of carboxylic acid groups (broad SMARTS) is 1. The van der Waals surface area contributed by atoms with Gasteiger partial charge in [0.2, 0.25) is 5.91 Å². The Balaban J connectivity index is 1.39. The molecular weight excluding hydrogens is 420 g/mol. The average Bonchev–Trinajstić information content (AvgIpc) is 3.11. The Kier molecular flexibility index (Phi) is 8.46. The van der Waals surface area contributed by atoms with Crippen LogP contribution in [0.2, 0.25) is 0 Å². The normalized spacial score (nSPS) is 13.0. The number of amides is 2. The molecule has 0 aliphatic heterocycles. The molecule has 3 rings (SSSR count). The molecule has 7 nitrogen and oxygen atoms in total. The van der Waals surface area contributed by atoms with E-state index in [9.17, 15) is 14.4 Å². The smallest absolute Gasteiger partial charge is 0.407 e. The molecule has 0 saturated heterocycles. The van der Waals surface area contributed by atoms with Crippen molar-refractivity contribution in [3.05, 3.63) is 59.7 Å². The van der Waals surface area contributed by atoms with Gasteiger partial charge in [0.25, 0.3) is 0 Å². The molecule has 33 heavy (non-hydrogen) atoms. The van der Waals surface area contributed by atoms with Gasteiger partial charge in [-0.25, -0.2) is 4.79 Å². The molecule has 2 amide bonds. The maximum Gasteiger partial charge on any atom is 0.407 e. The highest BCUT2D eigenvalue weighted by atomic mass is 16.5. The summed E-state index contributed by atoms with van der Waals surface area (Å²) in [5.41, 5.74) is 4.71. The highest BCUT2D eigenvalue weighted by Gasteiger charge is 2.29. The van der Waals surface area contributed by atoms with Crippen molar-refractivity contribution in [2.24, 2.45) is 0 Å². The van der Waals surface area contributed by atoms with Gasteiger partial charge in [-0.15, -0.1) is 0 Å². The molecule has 0 fully saturated rings. The second kappa shape index (κ2) is 11.5. The van der Waals surface area contributed by atoms with Crippen LogP contribution >= 0.6 is 0 Å². The number of carbonyl (C=O) groups excluding carboxylic acids is 2. The van der Waals surface area contributed by atoms with E-state index in [1.165, 1.54) is 22.3 Å². The zero-order valence-electron chi connectivity index (χ0n) is 19.3. The molecule has 2 N–H and O–H groups in total. The number of unbranched alkanes of at least 4 members (excludes halogenated alkanes) is 1. The summed E-state index contributed by atoms with van der Waals surface area (Å²) < 4.78 is 5.51. The van der Waals surface area contributed by atoms with Crippen LogP contribution in [0.4, 0.5) is 4.79 Å². The van der Waals surface area contributed by atoms with E-state index in [4.69, 9.17) is 9.84 Å². The van der Waals surface area contributed by atoms with Crippen LogP contribution in [-0.4, -0.2) is 53.7 Å². The van der Waals surface area contributed by atoms with Crippen molar-refractivity contribution in [3.8, 4) is 11.1 Å². The van der Waals surface area contributed by atoms with Crippen LogP contribution in [0.25, 0.3) is 11.1 Å². The van der Waals surface area contributed by atoms with Crippen LogP contribution < -0.4 is 5.32 Å². The first-order valence-corrected chi connectivity index (χ1v) is 11.5. The molecule has 1 atom stereocenters. The van der Waals surface area contributed by atoms with Gasteiger partial charge in [-0.1, -0.05) is 48.5 Å². The van der Waals surface area contributed by atoms with E-state index in [2.05, 4.69) is 29.6 Å². The van der Waals surface area contributed by atoms with Crippen molar-refractivity contribution in [2.75, 3.05) is 19.7 Å². The van der Waals surface area contributed by atoms with Crippen molar-refractivity contribution in [3.63, 3.8) is 0 Å². The van der Waals surface area contributed by atoms with Gasteiger partial charge in [-0.2, -0.15) is 0 Å². The number of carbonyl (C=O) groups is 3. The van der Waals surface area contributed by atoms with Gasteiger partial charge in [-0.3, -0.25) is 9.59 Å². The van der Waals surface area contributed by atoms with E-state index in [0.717, 1.165) is 0 Å². The molecule has 1 aliphatic carbocycles. The minimum atomic E-state index is -0.916. The Morgan fingerprint density at radius 1 is 1.03 bits per heavy atom. The molecule has 0 saturated carbocycles. The lowest BCUT2D eigenvalue weighted by Gasteiger charge is -2.27. The molecule has 1 aliphatic rings. The molecule has 1 unspecified atom stereocenters. The monoisotopic (exact) mass is 452 g/mol. The van der Waals surface area contributed by atoms with Crippen molar-refractivity contribution in [1.82, 2.24) is 10.2 Å². The molecule has 0 radical (unpaired) electrons. The van der Waals surface area contributed by atoms with Gasteiger partial charge in [0.05, 0.1) is 6.42 Å². The number of fused-ring (bicyclic) bond motifs is 3. The summed E-state index contributed by atoms with van der Waals surface area (Å²) in [6.07, 6.45) is 1.04. The van der Waals surface area contributed by atoms with Crippen molar-refractivity contribution >= 4 is 18.0 Å². The maximum absolute atomic E-state index is 12.4. The van der Waals surface area contributed by atoms with Crippen LogP contribution in [0.5, 0.6) is 0 Å². The van der Waals surface area contributed by atoms with Gasteiger partial charge in [-0.05, 0) is 48.9 Å². The summed E-state index contributed by atoms with van der Waals surface area (Å²) in [5, 5.41) is 11.7. The number of alkyl carbamates (subject to hydrolysis) is 1. The Labute approximate surface area is 194 Å². The number of nitrogens with one attached hydrogen (secondary N) is 1. The Hall–Kier alpha value is -3.35. The lowest BCUT2D eigenvalue weighted by atomic mass is 9.98. The number of hydrogen-bond acceptors (Lipinski definition) is 4. The quantitative estimate of drug-likeness (QED) is 0.493. The van der Waals surface area contributed by atoms with E-state index >= 15 is 0 Å². The fourth-order valence-corrected chi connectivity index (χ4v) is 4.48. The summed E-state index contributed by atoms with van der Waals surface area (Å²) in [6.45, 7) is 4.75. The summed E-state index contributed by atoms with van der Waals surface area (Å²) in [7, 11) is 0. The lowest BCUT2D eigenvalue weighted by molar-refractivity contribution is -0.140. The summed E-state index contributed by atoms with van der Waals surface area (Å²) in [5.74, 6) is -0.956. The third-order valence-corrected chi connectivity index (χ3v) is 6.09. The highest BCUT2D eigenvalue weighted by Crippen LogP contribution is 2.44. The van der Waals surface area contributed by atoms with Crippen LogP contribution in [0.1, 0.15) is 56.6 Å². The number of benzene rings is 2. The van der Waals surface area contributed by atoms with Crippen LogP contribution in [0, 0.1) is 0 Å². The Bertz CT molecular complexity index is 945. The Morgan fingerprint density at radius 3 is 2.21 bits per heavy atom. The fourth-order valence-electron chi connectivity index (χ4n) is 4.48. The SMILES string of the molecule is CCN(C(=O)CCCCNC(=O)OCC1c2ccccc2-c2ccccc21)C(C)CC(=O)O. The summed E-state index contributed by atoms with van der Waals surface area (Å²) in [6, 6.07) is 16.0. The molecule has 176 valence electrons. The highest BCUT2D eigenvalue weighted by molar-refractivity contribution is 5.79. The molecular formula is C26H32N2O5. The summed E-state index contributed by atoms with van der Waals surface area (Å²) in [4.78, 5) is 37.0. The zero-order chi connectivity index (χ0) is 23.8. The number of aliphatic carboxylic acids is 1. The number of nitrogens with zero attached hydrogens (tertiary/aromatic N) is 1. The molecule has 7 heteroatoms. The molecule has 0 heterocycles. The van der Waals surface area contributed by atoms with E-state index < -0.39 is 12.1 Å². The molecule has 0 aromatic heterocycles. The number of ether oxygens (including phenoxy) is 1. The van der Waals surface area contributed by atoms with E-state index in [1.54, 1.807) is 11.8 Å². The fraction of sp³-hybridized carbons (Fsp3) is 0.423. The first kappa shape index (κ1) is 24.3. The van der Waals surface area contributed by atoms with Crippen molar-refractivity contribution in [2.45, 2.75) is 51.5 Å². The second-order valence-electron chi connectivity index (χ2n) is 8.34. The average molecular weight is 453 g/mol. The predicted molar refractivity (Wildman–Crippen MR) is 126 cm³/mol. The van der Waals surface area contributed by atoms with Gasteiger partial charge >= 0.3 is 12.1 Å². The van der Waals surface area contributed by atoms with E-state index in [-0.39, 0.29) is 30.9 Å². The largest absolute Gasteiger partial charge is 0.481 e. The van der Waals surface area contributed by atoms with Crippen LogP contribution in [0.3, 0.4) is 0 Å². The lowest BCUT2D eigenvalue weighted by Crippen LogP contribution is -2.39. The third-order valence-electron chi connectivity index (χ3n) is 6.09. The summed E-state index contributed by atoms with van der Waals surface area (Å²) >= 11 is 0. The minimum absolute atomic E-state index is 0.0218. The van der Waals surface area contributed by atoms with Gasteiger partial charge in [0, 0.05) is 31.5 Å². The number of hydrogen-bond donors (Lipinski definition) is 2. The molecule has 2 aromatic rings. The third kappa shape index (κ3) is 6.12. The van der Waals surface area contributed by atoms with E-state index in [0.29, 0.717) is 32.4 Å². The predicted octanol–water partition coefficient (Wildman–Crippen LogP) is 4.41. The topological polar surface area (TPSA) is 95.9 Å². The Morgan fingerprint density at radius 2 is 1.64 bits per heavy atom. The first-order chi connectivity index (χ1) is 15.9.